The summed E-state index contributed by atoms with van der Waals surface area (Å²) in [5, 5.41) is 3.68. The number of fused-ring (bicyclic) bond motifs is 1. The monoisotopic (exact) mass is 296 g/mol. The Morgan fingerprint density at radius 3 is 3.09 bits per heavy atom. The molecule has 2 aromatic rings. The summed E-state index contributed by atoms with van der Waals surface area (Å²) in [4.78, 5) is 4.24. The molecule has 0 fully saturated rings. The maximum atomic E-state index is 5.56. The quantitative estimate of drug-likeness (QED) is 0.846. The van der Waals surface area contributed by atoms with Gasteiger partial charge in [0.05, 0.1) is 6.61 Å². The van der Waals surface area contributed by atoms with Gasteiger partial charge in [0.25, 0.3) is 0 Å². The first-order chi connectivity index (χ1) is 10.9. The number of nitrogens with zero attached hydrogens (tertiary/aromatic N) is 1. The SMILES string of the molecule is CCCC(NCCc1ccc2c(c1)CCO2)c1cccnc1. The maximum Gasteiger partial charge on any atom is 0.122 e. The van der Waals surface area contributed by atoms with Gasteiger partial charge in [0.15, 0.2) is 0 Å². The molecule has 1 atom stereocenters. The molecule has 22 heavy (non-hydrogen) atoms. The lowest BCUT2D eigenvalue weighted by molar-refractivity contribution is 0.357. The Morgan fingerprint density at radius 1 is 1.32 bits per heavy atom. The van der Waals surface area contributed by atoms with Crippen LogP contribution in [0.15, 0.2) is 42.7 Å². The zero-order valence-corrected chi connectivity index (χ0v) is 13.2. The van der Waals surface area contributed by atoms with Crippen molar-refractivity contribution in [1.29, 1.82) is 0 Å². The zero-order valence-electron chi connectivity index (χ0n) is 13.2. The van der Waals surface area contributed by atoms with Gasteiger partial charge in [-0.15, -0.1) is 0 Å². The highest BCUT2D eigenvalue weighted by atomic mass is 16.5. The fourth-order valence-corrected chi connectivity index (χ4v) is 3.04. The topological polar surface area (TPSA) is 34.1 Å². The van der Waals surface area contributed by atoms with Gasteiger partial charge in [-0.2, -0.15) is 0 Å². The van der Waals surface area contributed by atoms with Crippen LogP contribution in [0.2, 0.25) is 0 Å². The molecule has 1 unspecified atom stereocenters. The lowest BCUT2D eigenvalue weighted by atomic mass is 10.0. The van der Waals surface area contributed by atoms with Gasteiger partial charge < -0.3 is 10.1 Å². The number of hydrogen-bond acceptors (Lipinski definition) is 3. The summed E-state index contributed by atoms with van der Waals surface area (Å²) >= 11 is 0. The number of nitrogens with one attached hydrogen (secondary N) is 1. The molecule has 2 heterocycles. The van der Waals surface area contributed by atoms with Crippen LogP contribution < -0.4 is 10.1 Å². The molecule has 116 valence electrons. The van der Waals surface area contributed by atoms with Crippen molar-refractivity contribution in [2.24, 2.45) is 0 Å². The number of aromatic nitrogens is 1. The van der Waals surface area contributed by atoms with E-state index >= 15 is 0 Å². The number of benzene rings is 1. The molecule has 3 heteroatoms. The maximum absolute atomic E-state index is 5.56. The Morgan fingerprint density at radius 2 is 2.27 bits per heavy atom. The predicted molar refractivity (Wildman–Crippen MR) is 89.2 cm³/mol. The highest BCUT2D eigenvalue weighted by Gasteiger charge is 2.13. The van der Waals surface area contributed by atoms with Crippen molar-refractivity contribution in [3.8, 4) is 5.75 Å². The van der Waals surface area contributed by atoms with Gasteiger partial charge in [0, 0.05) is 24.9 Å². The van der Waals surface area contributed by atoms with Crippen LogP contribution in [0.25, 0.3) is 0 Å². The van der Waals surface area contributed by atoms with E-state index in [1.807, 2.05) is 18.5 Å². The van der Waals surface area contributed by atoms with E-state index < -0.39 is 0 Å². The van der Waals surface area contributed by atoms with E-state index in [9.17, 15) is 0 Å². The molecule has 0 amide bonds. The van der Waals surface area contributed by atoms with E-state index in [-0.39, 0.29) is 0 Å². The molecule has 0 saturated carbocycles. The van der Waals surface area contributed by atoms with Crippen molar-refractivity contribution >= 4 is 0 Å². The minimum atomic E-state index is 0.400. The first-order valence-corrected chi connectivity index (χ1v) is 8.24. The van der Waals surface area contributed by atoms with Crippen LogP contribution in [0.4, 0.5) is 0 Å². The molecule has 0 aliphatic carbocycles. The van der Waals surface area contributed by atoms with Gasteiger partial charge in [-0.1, -0.05) is 31.5 Å². The second-order valence-corrected chi connectivity index (χ2v) is 5.87. The van der Waals surface area contributed by atoms with E-state index in [0.29, 0.717) is 6.04 Å². The van der Waals surface area contributed by atoms with Crippen molar-refractivity contribution in [1.82, 2.24) is 10.3 Å². The Labute approximate surface area is 132 Å². The zero-order chi connectivity index (χ0) is 15.2. The molecule has 1 aliphatic rings. The van der Waals surface area contributed by atoms with E-state index in [4.69, 9.17) is 4.74 Å². The molecule has 0 saturated heterocycles. The predicted octanol–water partition coefficient (Wildman–Crippen LogP) is 3.69. The molecule has 0 bridgehead atoms. The van der Waals surface area contributed by atoms with Gasteiger partial charge in [0.2, 0.25) is 0 Å². The fourth-order valence-electron chi connectivity index (χ4n) is 3.04. The lowest BCUT2D eigenvalue weighted by Crippen LogP contribution is -2.23. The molecular formula is C19H24N2O. The number of rotatable bonds is 7. The van der Waals surface area contributed by atoms with Crippen LogP contribution in [0.5, 0.6) is 5.75 Å². The first kappa shape index (κ1) is 15.0. The second kappa shape index (κ2) is 7.41. The van der Waals surface area contributed by atoms with Crippen molar-refractivity contribution in [3.05, 3.63) is 59.4 Å². The van der Waals surface area contributed by atoms with Crippen molar-refractivity contribution in [3.63, 3.8) is 0 Å². The summed E-state index contributed by atoms with van der Waals surface area (Å²) in [5.41, 5.74) is 4.03. The largest absolute Gasteiger partial charge is 0.493 e. The van der Waals surface area contributed by atoms with Gasteiger partial charge in [-0.05, 0) is 48.2 Å². The average Bonchev–Trinajstić information content (AvgIpc) is 3.02. The van der Waals surface area contributed by atoms with Gasteiger partial charge >= 0.3 is 0 Å². The van der Waals surface area contributed by atoms with Crippen molar-refractivity contribution in [2.45, 2.75) is 38.6 Å². The Balaban J connectivity index is 1.56. The van der Waals surface area contributed by atoms with E-state index in [1.165, 1.54) is 23.1 Å². The summed E-state index contributed by atoms with van der Waals surface area (Å²) in [5.74, 6) is 1.07. The Kier molecular flexibility index (Phi) is 5.07. The van der Waals surface area contributed by atoms with Gasteiger partial charge in [0.1, 0.15) is 5.75 Å². The Hall–Kier alpha value is -1.87. The Bertz CT molecular complexity index is 598. The molecule has 1 N–H and O–H groups in total. The molecule has 1 aromatic carbocycles. The van der Waals surface area contributed by atoms with Crippen LogP contribution in [-0.4, -0.2) is 18.1 Å². The van der Waals surface area contributed by atoms with Crippen LogP contribution in [0.1, 0.15) is 42.5 Å². The van der Waals surface area contributed by atoms with E-state index in [1.54, 1.807) is 0 Å². The van der Waals surface area contributed by atoms with Crippen LogP contribution in [-0.2, 0) is 12.8 Å². The normalized spacial score (nSPS) is 14.4. The highest BCUT2D eigenvalue weighted by molar-refractivity contribution is 5.39. The first-order valence-electron chi connectivity index (χ1n) is 8.24. The van der Waals surface area contributed by atoms with Gasteiger partial charge in [-0.25, -0.2) is 0 Å². The van der Waals surface area contributed by atoms with E-state index in [0.717, 1.165) is 38.2 Å². The molecule has 3 nitrogen and oxygen atoms in total. The van der Waals surface area contributed by atoms with Crippen LogP contribution in [0, 0.1) is 0 Å². The van der Waals surface area contributed by atoms with Gasteiger partial charge in [-0.3, -0.25) is 4.98 Å². The third-order valence-corrected chi connectivity index (χ3v) is 4.22. The minimum Gasteiger partial charge on any atom is -0.493 e. The standard InChI is InChI=1S/C19H24N2O/c1-2-4-18(17-5-3-10-20-14-17)21-11-8-15-6-7-19-16(13-15)9-12-22-19/h3,5-7,10,13-14,18,21H,2,4,8-9,11-12H2,1H3. The number of ether oxygens (including phenoxy) is 1. The number of pyridine rings is 1. The van der Waals surface area contributed by atoms with Crippen molar-refractivity contribution < 1.29 is 4.74 Å². The van der Waals surface area contributed by atoms with Crippen molar-refractivity contribution in [2.75, 3.05) is 13.2 Å². The average molecular weight is 296 g/mol. The smallest absolute Gasteiger partial charge is 0.122 e. The minimum absolute atomic E-state index is 0.400. The molecule has 3 rings (SSSR count). The summed E-state index contributed by atoms with van der Waals surface area (Å²) in [6.07, 6.45) is 8.21. The summed E-state index contributed by atoms with van der Waals surface area (Å²) in [6, 6.07) is 11.2. The molecule has 1 aliphatic heterocycles. The van der Waals surface area contributed by atoms with Crippen LogP contribution in [0.3, 0.4) is 0 Å². The number of hydrogen-bond donors (Lipinski definition) is 1. The summed E-state index contributed by atoms with van der Waals surface area (Å²) in [6.45, 7) is 4.04. The fraction of sp³-hybridized carbons (Fsp3) is 0.421. The molecular weight excluding hydrogens is 272 g/mol. The highest BCUT2D eigenvalue weighted by Crippen LogP contribution is 2.26. The molecule has 0 spiro atoms. The summed E-state index contributed by atoms with van der Waals surface area (Å²) < 4.78 is 5.56. The van der Waals surface area contributed by atoms with E-state index in [2.05, 4.69) is 41.5 Å². The second-order valence-electron chi connectivity index (χ2n) is 5.87. The summed E-state index contributed by atoms with van der Waals surface area (Å²) in [7, 11) is 0. The third-order valence-electron chi connectivity index (χ3n) is 4.22. The van der Waals surface area contributed by atoms with Crippen LogP contribution >= 0.6 is 0 Å². The molecule has 1 aromatic heterocycles. The third kappa shape index (κ3) is 3.66. The lowest BCUT2D eigenvalue weighted by Gasteiger charge is -2.18. The molecule has 0 radical (unpaired) electrons.